The van der Waals surface area contributed by atoms with Gasteiger partial charge in [-0.2, -0.15) is 0 Å². The van der Waals surface area contributed by atoms with Crippen molar-refractivity contribution in [3.05, 3.63) is 64.7 Å². The Hall–Kier alpha value is -2.57. The summed E-state index contributed by atoms with van der Waals surface area (Å²) in [5, 5.41) is 7.56. The lowest BCUT2D eigenvalue weighted by atomic mass is 10.1. The third-order valence-corrected chi connectivity index (χ3v) is 5.50. The van der Waals surface area contributed by atoms with Crippen LogP contribution in [0.15, 0.2) is 51.4 Å². The number of nitrogens with one attached hydrogen (secondary N) is 1. The molecule has 3 aromatic rings. The SMILES string of the molecule is Cc1ccc([C@H](CNC(=O)c2cc(-c3ccc(Cl)cc3)on2)N2CCCCC2)o1. The predicted molar refractivity (Wildman–Crippen MR) is 111 cm³/mol. The third-order valence-electron chi connectivity index (χ3n) is 5.25. The van der Waals surface area contributed by atoms with Crippen molar-refractivity contribution in [2.45, 2.75) is 32.2 Å². The number of aryl methyl sites for hydroxylation is 1. The standard InChI is InChI=1S/C22H24ClN3O3/c1-15-5-10-20(28-15)19(26-11-3-2-4-12-26)14-24-22(27)18-13-21(29-25-18)16-6-8-17(23)9-7-16/h5-10,13,19H,2-4,11-12,14H2,1H3,(H,24,27)/t19-/m0/s1. The van der Waals surface area contributed by atoms with Gasteiger partial charge in [-0.15, -0.1) is 0 Å². The van der Waals surface area contributed by atoms with E-state index in [-0.39, 0.29) is 17.6 Å². The van der Waals surface area contributed by atoms with Gasteiger partial charge in [0.1, 0.15) is 11.5 Å². The monoisotopic (exact) mass is 413 g/mol. The number of nitrogens with zero attached hydrogens (tertiary/aromatic N) is 2. The van der Waals surface area contributed by atoms with Crippen molar-refractivity contribution in [1.82, 2.24) is 15.4 Å². The van der Waals surface area contributed by atoms with E-state index in [0.29, 0.717) is 17.3 Å². The minimum Gasteiger partial charge on any atom is -0.465 e. The normalized spacial score (nSPS) is 15.9. The van der Waals surface area contributed by atoms with Crippen LogP contribution in [0.5, 0.6) is 0 Å². The van der Waals surface area contributed by atoms with Crippen LogP contribution in [-0.4, -0.2) is 35.6 Å². The molecular weight excluding hydrogens is 390 g/mol. The Balaban J connectivity index is 1.44. The Morgan fingerprint density at radius 2 is 1.93 bits per heavy atom. The largest absolute Gasteiger partial charge is 0.465 e. The van der Waals surface area contributed by atoms with E-state index in [9.17, 15) is 4.79 Å². The minimum atomic E-state index is -0.265. The van der Waals surface area contributed by atoms with E-state index in [2.05, 4.69) is 15.4 Å². The molecule has 1 saturated heterocycles. The summed E-state index contributed by atoms with van der Waals surface area (Å²) in [6.45, 7) is 4.40. The van der Waals surface area contributed by atoms with E-state index in [4.69, 9.17) is 20.5 Å². The number of carbonyl (C=O) groups excluding carboxylic acids is 1. The Morgan fingerprint density at radius 1 is 1.17 bits per heavy atom. The highest BCUT2D eigenvalue weighted by Crippen LogP contribution is 2.26. The van der Waals surface area contributed by atoms with Crippen molar-refractivity contribution in [2.75, 3.05) is 19.6 Å². The van der Waals surface area contributed by atoms with Gasteiger partial charge in [0.2, 0.25) is 0 Å². The summed E-state index contributed by atoms with van der Waals surface area (Å²) in [4.78, 5) is 15.0. The van der Waals surface area contributed by atoms with Crippen LogP contribution in [0.3, 0.4) is 0 Å². The highest BCUT2D eigenvalue weighted by atomic mass is 35.5. The van der Waals surface area contributed by atoms with Crippen LogP contribution in [0, 0.1) is 6.92 Å². The van der Waals surface area contributed by atoms with Gasteiger partial charge in [-0.25, -0.2) is 0 Å². The van der Waals surface area contributed by atoms with Crippen LogP contribution in [-0.2, 0) is 0 Å². The number of furan rings is 1. The molecule has 1 aliphatic rings. The highest BCUT2D eigenvalue weighted by molar-refractivity contribution is 6.30. The van der Waals surface area contributed by atoms with Crippen molar-refractivity contribution in [3.8, 4) is 11.3 Å². The molecule has 0 aliphatic carbocycles. The Kier molecular flexibility index (Phi) is 6.02. The zero-order valence-electron chi connectivity index (χ0n) is 16.4. The average molecular weight is 414 g/mol. The van der Waals surface area contributed by atoms with Gasteiger partial charge in [-0.05, 0) is 69.3 Å². The number of aromatic nitrogens is 1. The molecule has 1 amide bonds. The summed E-state index contributed by atoms with van der Waals surface area (Å²) < 4.78 is 11.2. The van der Waals surface area contributed by atoms with Crippen molar-refractivity contribution in [1.29, 1.82) is 0 Å². The van der Waals surface area contributed by atoms with Gasteiger partial charge in [0, 0.05) is 23.2 Å². The first kappa shape index (κ1) is 19.7. The van der Waals surface area contributed by atoms with Crippen LogP contribution in [0.4, 0.5) is 0 Å². The third kappa shape index (κ3) is 4.71. The molecule has 0 spiro atoms. The van der Waals surface area contributed by atoms with E-state index in [1.54, 1.807) is 18.2 Å². The second-order valence-corrected chi connectivity index (χ2v) is 7.79. The lowest BCUT2D eigenvalue weighted by molar-refractivity contribution is 0.0905. The van der Waals surface area contributed by atoms with Crippen molar-refractivity contribution < 1.29 is 13.7 Å². The molecule has 1 aromatic carbocycles. The van der Waals surface area contributed by atoms with Gasteiger partial charge in [0.15, 0.2) is 11.5 Å². The molecule has 1 aliphatic heterocycles. The highest BCUT2D eigenvalue weighted by Gasteiger charge is 2.26. The molecular formula is C22H24ClN3O3. The van der Waals surface area contributed by atoms with Gasteiger partial charge < -0.3 is 14.3 Å². The maximum Gasteiger partial charge on any atom is 0.273 e. The van der Waals surface area contributed by atoms with Gasteiger partial charge >= 0.3 is 0 Å². The first-order valence-corrected chi connectivity index (χ1v) is 10.3. The summed E-state index contributed by atoms with van der Waals surface area (Å²) >= 11 is 5.92. The fraction of sp³-hybridized carbons (Fsp3) is 0.364. The molecule has 3 heterocycles. The molecule has 1 fully saturated rings. The summed E-state index contributed by atoms with van der Waals surface area (Å²) in [5.74, 6) is 2.02. The van der Waals surface area contributed by atoms with E-state index >= 15 is 0 Å². The Labute approximate surface area is 174 Å². The number of likely N-dealkylation sites (tertiary alicyclic amines) is 1. The molecule has 0 radical (unpaired) electrons. The van der Waals surface area contributed by atoms with Gasteiger partial charge in [-0.3, -0.25) is 9.69 Å². The van der Waals surface area contributed by atoms with Crippen LogP contribution >= 0.6 is 11.6 Å². The van der Waals surface area contributed by atoms with E-state index in [1.807, 2.05) is 31.2 Å². The molecule has 29 heavy (non-hydrogen) atoms. The number of rotatable bonds is 6. The van der Waals surface area contributed by atoms with Crippen LogP contribution < -0.4 is 5.32 Å². The molecule has 6 nitrogen and oxygen atoms in total. The smallest absolute Gasteiger partial charge is 0.273 e. The number of amides is 1. The summed E-state index contributed by atoms with van der Waals surface area (Å²) in [7, 11) is 0. The number of hydrogen-bond acceptors (Lipinski definition) is 5. The van der Waals surface area contributed by atoms with E-state index in [1.165, 1.54) is 6.42 Å². The van der Waals surface area contributed by atoms with Crippen LogP contribution in [0.25, 0.3) is 11.3 Å². The van der Waals surface area contributed by atoms with Gasteiger partial charge in [0.05, 0.1) is 6.04 Å². The summed E-state index contributed by atoms with van der Waals surface area (Å²) in [6.07, 6.45) is 3.58. The topological polar surface area (TPSA) is 71.5 Å². The average Bonchev–Trinajstić information content (AvgIpc) is 3.39. The molecule has 4 rings (SSSR count). The second kappa shape index (κ2) is 8.84. The van der Waals surface area contributed by atoms with E-state index in [0.717, 1.165) is 43.0 Å². The molecule has 152 valence electrons. The van der Waals surface area contributed by atoms with Crippen molar-refractivity contribution >= 4 is 17.5 Å². The quantitative estimate of drug-likeness (QED) is 0.625. The Morgan fingerprint density at radius 3 is 2.62 bits per heavy atom. The molecule has 1 atom stereocenters. The summed E-state index contributed by atoms with van der Waals surface area (Å²) in [6, 6.07) is 12.8. The Bertz CT molecular complexity index is 958. The zero-order valence-corrected chi connectivity index (χ0v) is 17.1. The van der Waals surface area contributed by atoms with Gasteiger partial charge in [0.25, 0.3) is 5.91 Å². The number of halogens is 1. The second-order valence-electron chi connectivity index (χ2n) is 7.35. The van der Waals surface area contributed by atoms with Gasteiger partial charge in [-0.1, -0.05) is 23.2 Å². The van der Waals surface area contributed by atoms with Crippen molar-refractivity contribution in [3.63, 3.8) is 0 Å². The first-order chi connectivity index (χ1) is 14.1. The zero-order chi connectivity index (χ0) is 20.2. The van der Waals surface area contributed by atoms with Crippen LogP contribution in [0.1, 0.15) is 47.3 Å². The lowest BCUT2D eigenvalue weighted by Gasteiger charge is -2.33. The number of piperidine rings is 1. The number of hydrogen-bond donors (Lipinski definition) is 1. The minimum absolute atomic E-state index is 0.00980. The number of benzene rings is 1. The molecule has 0 saturated carbocycles. The maximum atomic E-state index is 12.7. The lowest BCUT2D eigenvalue weighted by Crippen LogP contribution is -2.40. The molecule has 0 bridgehead atoms. The molecule has 1 N–H and O–H groups in total. The van der Waals surface area contributed by atoms with Crippen molar-refractivity contribution in [2.24, 2.45) is 0 Å². The predicted octanol–water partition coefficient (Wildman–Crippen LogP) is 4.85. The first-order valence-electron chi connectivity index (χ1n) is 9.91. The fourth-order valence-electron chi connectivity index (χ4n) is 3.68. The van der Waals surface area contributed by atoms with Crippen LogP contribution in [0.2, 0.25) is 5.02 Å². The molecule has 7 heteroatoms. The molecule has 2 aromatic heterocycles. The molecule has 0 unspecified atom stereocenters. The van der Waals surface area contributed by atoms with E-state index < -0.39 is 0 Å². The maximum absolute atomic E-state index is 12.7. The fourth-order valence-corrected chi connectivity index (χ4v) is 3.81. The number of carbonyl (C=O) groups is 1. The summed E-state index contributed by atoms with van der Waals surface area (Å²) in [5.41, 5.74) is 1.07.